The molecule has 0 radical (unpaired) electrons. The van der Waals surface area contributed by atoms with Gasteiger partial charge >= 0.3 is 0 Å². The molecule has 4 rings (SSSR count). The Kier molecular flexibility index (Phi) is 1.69. The van der Waals surface area contributed by atoms with Crippen LogP contribution in [0.1, 0.15) is 24.8 Å². The molecule has 0 saturated heterocycles. The largest absolute Gasteiger partial charge is 0.150 e. The van der Waals surface area contributed by atoms with Crippen molar-refractivity contribution in [3.8, 4) is 0 Å². The highest BCUT2D eigenvalue weighted by atomic mass is 32.2. The maximum atomic E-state index is 2.23. The van der Waals surface area contributed by atoms with Gasteiger partial charge < -0.3 is 0 Å². The standard InChI is InChI=1S/C12H14S/c1-2-4-10(5-3-1)9-13-12-6-11(7-12)8-12/h1-5,11H,6-9H2. The molecule has 3 fully saturated rings. The molecule has 1 heteroatoms. The summed E-state index contributed by atoms with van der Waals surface area (Å²) in [5.41, 5.74) is 1.48. The maximum absolute atomic E-state index is 2.23. The molecule has 1 aromatic carbocycles. The second-order valence-electron chi connectivity index (χ2n) is 4.44. The topological polar surface area (TPSA) is 0 Å². The monoisotopic (exact) mass is 190 g/mol. The highest BCUT2D eigenvalue weighted by molar-refractivity contribution is 8.00. The summed E-state index contributed by atoms with van der Waals surface area (Å²) in [5, 5.41) is 0. The molecule has 13 heavy (non-hydrogen) atoms. The van der Waals surface area contributed by atoms with E-state index in [4.69, 9.17) is 0 Å². The average molecular weight is 190 g/mol. The summed E-state index contributed by atoms with van der Waals surface area (Å²) in [5.74, 6) is 2.33. The van der Waals surface area contributed by atoms with Crippen molar-refractivity contribution in [2.75, 3.05) is 0 Å². The van der Waals surface area contributed by atoms with E-state index < -0.39 is 0 Å². The van der Waals surface area contributed by atoms with E-state index in [-0.39, 0.29) is 0 Å². The molecule has 3 saturated carbocycles. The van der Waals surface area contributed by atoms with Gasteiger partial charge in [0, 0.05) is 10.5 Å². The van der Waals surface area contributed by atoms with Crippen molar-refractivity contribution >= 4 is 11.8 Å². The van der Waals surface area contributed by atoms with Crippen LogP contribution in [0, 0.1) is 5.92 Å². The molecule has 3 aliphatic carbocycles. The second-order valence-corrected chi connectivity index (χ2v) is 5.88. The lowest BCUT2D eigenvalue weighted by Gasteiger charge is -2.61. The number of thioether (sulfide) groups is 1. The third kappa shape index (κ3) is 1.30. The molecule has 0 spiro atoms. The molecule has 2 bridgehead atoms. The Hall–Kier alpha value is -0.430. The molecule has 0 unspecified atom stereocenters. The summed E-state index contributed by atoms with van der Waals surface area (Å²) in [7, 11) is 0. The van der Waals surface area contributed by atoms with Gasteiger partial charge in [-0.1, -0.05) is 30.3 Å². The summed E-state index contributed by atoms with van der Waals surface area (Å²) in [6.07, 6.45) is 4.51. The Balaban J connectivity index is 1.58. The van der Waals surface area contributed by atoms with E-state index in [1.54, 1.807) is 0 Å². The SMILES string of the molecule is c1ccc(CSC23CC(C2)C3)cc1. The number of hydrogen-bond donors (Lipinski definition) is 0. The van der Waals surface area contributed by atoms with E-state index in [1.165, 1.54) is 30.6 Å². The normalized spacial score (nSPS) is 34.9. The molecule has 0 heterocycles. The van der Waals surface area contributed by atoms with E-state index >= 15 is 0 Å². The van der Waals surface area contributed by atoms with Crippen LogP contribution in [-0.2, 0) is 5.75 Å². The number of hydrogen-bond acceptors (Lipinski definition) is 1. The van der Waals surface area contributed by atoms with E-state index in [9.17, 15) is 0 Å². The second kappa shape index (κ2) is 2.78. The molecule has 0 nitrogen and oxygen atoms in total. The third-order valence-corrected chi connectivity index (χ3v) is 4.96. The first-order chi connectivity index (χ1) is 6.36. The van der Waals surface area contributed by atoms with E-state index in [0.717, 1.165) is 10.7 Å². The van der Waals surface area contributed by atoms with Crippen LogP contribution in [0.3, 0.4) is 0 Å². The summed E-state index contributed by atoms with van der Waals surface area (Å²) in [6.45, 7) is 0. The minimum Gasteiger partial charge on any atom is -0.150 e. The molecule has 0 amide bonds. The lowest BCUT2D eigenvalue weighted by Crippen LogP contribution is -2.55. The number of benzene rings is 1. The van der Waals surface area contributed by atoms with Gasteiger partial charge in [0.1, 0.15) is 0 Å². The smallest absolute Gasteiger partial charge is 0.0190 e. The summed E-state index contributed by atoms with van der Waals surface area (Å²) in [4.78, 5) is 0. The highest BCUT2D eigenvalue weighted by Gasteiger charge is 2.56. The first kappa shape index (κ1) is 7.93. The fraction of sp³-hybridized carbons (Fsp3) is 0.500. The molecule has 1 aromatic rings. The lowest BCUT2D eigenvalue weighted by molar-refractivity contribution is 0.0579. The Morgan fingerprint density at radius 2 is 1.85 bits per heavy atom. The minimum atomic E-state index is 0.737. The van der Waals surface area contributed by atoms with Crippen molar-refractivity contribution in [2.24, 2.45) is 5.92 Å². The van der Waals surface area contributed by atoms with E-state index in [1.807, 2.05) is 0 Å². The average Bonchev–Trinajstić information content (AvgIpc) is 2.01. The van der Waals surface area contributed by atoms with Crippen LogP contribution in [0.25, 0.3) is 0 Å². The van der Waals surface area contributed by atoms with Gasteiger partial charge in [-0.3, -0.25) is 0 Å². The minimum absolute atomic E-state index is 0.737. The first-order valence-corrected chi connectivity index (χ1v) is 6.03. The Morgan fingerprint density at radius 3 is 2.38 bits per heavy atom. The zero-order valence-electron chi connectivity index (χ0n) is 7.70. The van der Waals surface area contributed by atoms with E-state index in [0.29, 0.717) is 0 Å². The summed E-state index contributed by atoms with van der Waals surface area (Å²) in [6, 6.07) is 10.8. The first-order valence-electron chi connectivity index (χ1n) is 5.04. The van der Waals surface area contributed by atoms with Crippen LogP contribution in [0.5, 0.6) is 0 Å². The third-order valence-electron chi connectivity index (χ3n) is 3.37. The molecule has 0 aromatic heterocycles. The van der Waals surface area contributed by atoms with Crippen LogP contribution < -0.4 is 0 Å². The molecule has 0 N–H and O–H groups in total. The number of rotatable bonds is 3. The van der Waals surface area contributed by atoms with Gasteiger partial charge in [-0.15, -0.1) is 0 Å². The fourth-order valence-electron chi connectivity index (χ4n) is 2.39. The molecule has 0 aliphatic heterocycles. The summed E-state index contributed by atoms with van der Waals surface area (Å²) >= 11 is 2.18. The molecule has 0 atom stereocenters. The van der Waals surface area contributed by atoms with Gasteiger partial charge in [-0.25, -0.2) is 0 Å². The van der Waals surface area contributed by atoms with Crippen molar-refractivity contribution in [1.29, 1.82) is 0 Å². The van der Waals surface area contributed by atoms with Gasteiger partial charge in [-0.2, -0.15) is 11.8 Å². The predicted molar refractivity (Wildman–Crippen MR) is 57.8 cm³/mol. The lowest BCUT2D eigenvalue weighted by atomic mass is 9.55. The van der Waals surface area contributed by atoms with Crippen molar-refractivity contribution in [3.05, 3.63) is 35.9 Å². The summed E-state index contributed by atoms with van der Waals surface area (Å²) < 4.78 is 0.737. The Labute approximate surface area is 83.7 Å². The fourth-order valence-corrected chi connectivity index (χ4v) is 4.11. The van der Waals surface area contributed by atoms with Crippen molar-refractivity contribution in [3.63, 3.8) is 0 Å². The van der Waals surface area contributed by atoms with Gasteiger partial charge in [0.2, 0.25) is 0 Å². The van der Waals surface area contributed by atoms with Crippen molar-refractivity contribution in [2.45, 2.75) is 29.8 Å². The Morgan fingerprint density at radius 1 is 1.15 bits per heavy atom. The van der Waals surface area contributed by atoms with Crippen molar-refractivity contribution < 1.29 is 0 Å². The van der Waals surface area contributed by atoms with Crippen LogP contribution in [0.15, 0.2) is 30.3 Å². The van der Waals surface area contributed by atoms with Gasteiger partial charge in [0.25, 0.3) is 0 Å². The predicted octanol–water partition coefficient (Wildman–Crippen LogP) is 3.47. The zero-order chi connectivity index (χ0) is 8.73. The van der Waals surface area contributed by atoms with E-state index in [2.05, 4.69) is 42.1 Å². The van der Waals surface area contributed by atoms with Crippen LogP contribution in [0.4, 0.5) is 0 Å². The van der Waals surface area contributed by atoms with Gasteiger partial charge in [0.05, 0.1) is 0 Å². The molecular weight excluding hydrogens is 176 g/mol. The quantitative estimate of drug-likeness (QED) is 0.703. The van der Waals surface area contributed by atoms with Gasteiger partial charge in [-0.05, 0) is 30.7 Å². The van der Waals surface area contributed by atoms with Crippen molar-refractivity contribution in [1.82, 2.24) is 0 Å². The van der Waals surface area contributed by atoms with Gasteiger partial charge in [0.15, 0.2) is 0 Å². The van der Waals surface area contributed by atoms with Crippen LogP contribution in [-0.4, -0.2) is 4.75 Å². The maximum Gasteiger partial charge on any atom is 0.0190 e. The molecule has 3 aliphatic rings. The Bertz CT molecular complexity index is 287. The van der Waals surface area contributed by atoms with Crippen LogP contribution in [0.2, 0.25) is 0 Å². The molecule has 68 valence electrons. The highest BCUT2D eigenvalue weighted by Crippen LogP contribution is 2.65. The molecular formula is C12H14S. The van der Waals surface area contributed by atoms with Crippen LogP contribution >= 0.6 is 11.8 Å². The zero-order valence-corrected chi connectivity index (χ0v) is 8.52.